The summed E-state index contributed by atoms with van der Waals surface area (Å²) in [6.07, 6.45) is 3.34. The summed E-state index contributed by atoms with van der Waals surface area (Å²) >= 11 is 0. The van der Waals surface area contributed by atoms with Crippen LogP contribution in [0, 0.1) is 11.6 Å². The van der Waals surface area contributed by atoms with E-state index in [0.717, 1.165) is 17.8 Å². The van der Waals surface area contributed by atoms with Gasteiger partial charge in [-0.15, -0.1) is 0 Å². The molecule has 0 N–H and O–H groups in total. The molecule has 0 atom stereocenters. The maximum absolute atomic E-state index is 13.4. The van der Waals surface area contributed by atoms with Gasteiger partial charge < -0.3 is 14.2 Å². The topological polar surface area (TPSA) is 47.4 Å². The Balaban J connectivity index is 1.89. The molecular weight excluding hydrogens is 280 g/mol. The summed E-state index contributed by atoms with van der Waals surface area (Å²) in [7, 11) is 1.79. The molecule has 1 aliphatic rings. The van der Waals surface area contributed by atoms with Gasteiger partial charge in [0.2, 0.25) is 5.91 Å². The first-order chi connectivity index (χ1) is 10.1. The average molecular weight is 293 g/mol. The zero-order valence-corrected chi connectivity index (χ0v) is 11.3. The van der Waals surface area contributed by atoms with Gasteiger partial charge in [-0.25, -0.2) is 13.8 Å². The molecule has 0 radical (unpaired) electrons. The number of aryl methyl sites for hydroxylation is 1. The van der Waals surface area contributed by atoms with Crippen molar-refractivity contribution in [2.45, 2.75) is 6.42 Å². The minimum Gasteiger partial charge on any atom is -0.489 e. The molecule has 2 heterocycles. The van der Waals surface area contributed by atoms with Gasteiger partial charge in [-0.1, -0.05) is 0 Å². The van der Waals surface area contributed by atoms with E-state index >= 15 is 0 Å². The second-order valence-corrected chi connectivity index (χ2v) is 4.80. The Hall–Kier alpha value is -2.44. The quantitative estimate of drug-likeness (QED) is 0.846. The van der Waals surface area contributed by atoms with E-state index in [1.807, 2.05) is 0 Å². The number of anilines is 1. The van der Waals surface area contributed by atoms with Crippen molar-refractivity contribution < 1.29 is 18.3 Å². The first-order valence-corrected chi connectivity index (χ1v) is 6.43. The Bertz CT molecular complexity index is 700. The highest BCUT2D eigenvalue weighted by atomic mass is 19.2. The van der Waals surface area contributed by atoms with E-state index in [1.165, 1.54) is 4.90 Å². The Morgan fingerprint density at radius 3 is 2.86 bits per heavy atom. The molecule has 1 amide bonds. The Morgan fingerprint density at radius 2 is 2.14 bits per heavy atom. The van der Waals surface area contributed by atoms with Crippen molar-refractivity contribution in [3.63, 3.8) is 0 Å². The van der Waals surface area contributed by atoms with Crippen LogP contribution >= 0.6 is 0 Å². The Kier molecular flexibility index (Phi) is 3.32. The summed E-state index contributed by atoms with van der Waals surface area (Å²) in [5, 5.41) is 0. The molecule has 1 aliphatic heterocycles. The molecule has 110 valence electrons. The van der Waals surface area contributed by atoms with Gasteiger partial charge in [-0.2, -0.15) is 0 Å². The SMILES string of the molecule is Cn1cncc1CC(=O)N1CCOc2cc(F)c(F)cc21. The minimum atomic E-state index is -1.00. The molecule has 0 saturated carbocycles. The van der Waals surface area contributed by atoms with E-state index in [9.17, 15) is 13.6 Å². The normalized spacial score (nSPS) is 13.8. The molecule has 1 aromatic heterocycles. The van der Waals surface area contributed by atoms with Gasteiger partial charge in [0, 0.05) is 31.1 Å². The second kappa shape index (κ2) is 5.16. The number of imidazole rings is 1. The van der Waals surface area contributed by atoms with Gasteiger partial charge in [0.05, 0.1) is 25.0 Å². The molecule has 0 saturated heterocycles. The highest BCUT2D eigenvalue weighted by molar-refractivity contribution is 5.96. The molecule has 0 fully saturated rings. The number of carbonyl (C=O) groups excluding carboxylic acids is 1. The zero-order valence-electron chi connectivity index (χ0n) is 11.3. The van der Waals surface area contributed by atoms with Crippen LogP contribution in [0.2, 0.25) is 0 Å². The lowest BCUT2D eigenvalue weighted by Gasteiger charge is -2.29. The fraction of sp³-hybridized carbons (Fsp3) is 0.286. The van der Waals surface area contributed by atoms with E-state index in [0.29, 0.717) is 6.54 Å². The average Bonchev–Trinajstić information content (AvgIpc) is 2.85. The lowest BCUT2D eigenvalue weighted by Crippen LogP contribution is -2.39. The van der Waals surface area contributed by atoms with E-state index < -0.39 is 11.6 Å². The molecule has 3 rings (SSSR count). The number of ether oxygens (including phenoxy) is 1. The number of halogens is 2. The van der Waals surface area contributed by atoms with Crippen LogP contribution in [-0.2, 0) is 18.3 Å². The predicted octanol–water partition coefficient (Wildman–Crippen LogP) is 1.67. The standard InChI is InChI=1S/C14H13F2N3O2/c1-18-8-17-7-9(18)4-14(20)19-2-3-21-13-6-11(16)10(15)5-12(13)19/h5-8H,2-4H2,1H3. The summed E-state index contributed by atoms with van der Waals surface area (Å²) in [5.74, 6) is -2.03. The number of aromatic nitrogens is 2. The van der Waals surface area contributed by atoms with Crippen molar-refractivity contribution in [1.29, 1.82) is 0 Å². The van der Waals surface area contributed by atoms with Crippen LogP contribution < -0.4 is 9.64 Å². The maximum Gasteiger partial charge on any atom is 0.233 e. The molecule has 21 heavy (non-hydrogen) atoms. The number of fused-ring (bicyclic) bond motifs is 1. The summed E-state index contributed by atoms with van der Waals surface area (Å²) < 4.78 is 33.6. The van der Waals surface area contributed by atoms with Crippen LogP contribution in [0.5, 0.6) is 5.75 Å². The number of amides is 1. The third-order valence-corrected chi connectivity index (χ3v) is 3.41. The number of rotatable bonds is 2. The van der Waals surface area contributed by atoms with Crippen LogP contribution in [0.4, 0.5) is 14.5 Å². The van der Waals surface area contributed by atoms with Crippen molar-refractivity contribution >= 4 is 11.6 Å². The molecular formula is C14H13F2N3O2. The lowest BCUT2D eigenvalue weighted by atomic mass is 10.2. The van der Waals surface area contributed by atoms with Crippen LogP contribution in [0.3, 0.4) is 0 Å². The van der Waals surface area contributed by atoms with Gasteiger partial charge in [-0.3, -0.25) is 4.79 Å². The van der Waals surface area contributed by atoms with Gasteiger partial charge >= 0.3 is 0 Å². The first kappa shape index (κ1) is 13.5. The van der Waals surface area contributed by atoms with Gasteiger partial charge in [-0.05, 0) is 0 Å². The van der Waals surface area contributed by atoms with E-state index in [2.05, 4.69) is 4.98 Å². The molecule has 7 heteroatoms. The maximum atomic E-state index is 13.4. The summed E-state index contributed by atoms with van der Waals surface area (Å²) in [6.45, 7) is 0.546. The fourth-order valence-corrected chi connectivity index (χ4v) is 2.28. The monoisotopic (exact) mass is 293 g/mol. The molecule has 0 unspecified atom stereocenters. The minimum absolute atomic E-state index is 0.134. The van der Waals surface area contributed by atoms with Crippen molar-refractivity contribution in [2.75, 3.05) is 18.1 Å². The first-order valence-electron chi connectivity index (χ1n) is 6.43. The van der Waals surface area contributed by atoms with E-state index in [-0.39, 0.29) is 30.4 Å². The highest BCUT2D eigenvalue weighted by Gasteiger charge is 2.26. The van der Waals surface area contributed by atoms with Crippen LogP contribution in [0.25, 0.3) is 0 Å². The molecule has 0 aliphatic carbocycles. The second-order valence-electron chi connectivity index (χ2n) is 4.80. The van der Waals surface area contributed by atoms with Gasteiger partial charge in [0.1, 0.15) is 12.4 Å². The molecule has 1 aromatic carbocycles. The number of hydrogen-bond acceptors (Lipinski definition) is 3. The molecule has 2 aromatic rings. The third-order valence-electron chi connectivity index (χ3n) is 3.41. The Labute approximate surface area is 119 Å². The van der Waals surface area contributed by atoms with Crippen molar-refractivity contribution in [1.82, 2.24) is 9.55 Å². The van der Waals surface area contributed by atoms with Gasteiger partial charge in [0.25, 0.3) is 0 Å². The van der Waals surface area contributed by atoms with Gasteiger partial charge in [0.15, 0.2) is 11.6 Å². The van der Waals surface area contributed by atoms with E-state index in [4.69, 9.17) is 4.74 Å². The van der Waals surface area contributed by atoms with Crippen molar-refractivity contribution in [3.8, 4) is 5.75 Å². The largest absolute Gasteiger partial charge is 0.489 e. The molecule has 0 spiro atoms. The van der Waals surface area contributed by atoms with Crippen LogP contribution in [-0.4, -0.2) is 28.6 Å². The smallest absolute Gasteiger partial charge is 0.233 e. The van der Waals surface area contributed by atoms with Crippen molar-refractivity contribution in [2.24, 2.45) is 7.05 Å². The number of nitrogens with zero attached hydrogens (tertiary/aromatic N) is 3. The van der Waals surface area contributed by atoms with E-state index in [1.54, 1.807) is 24.1 Å². The zero-order chi connectivity index (χ0) is 15.0. The number of hydrogen-bond donors (Lipinski definition) is 0. The summed E-state index contributed by atoms with van der Waals surface area (Å²) in [4.78, 5) is 17.7. The summed E-state index contributed by atoms with van der Waals surface area (Å²) in [6, 6.07) is 1.96. The molecule has 5 nitrogen and oxygen atoms in total. The predicted molar refractivity (Wildman–Crippen MR) is 71.1 cm³/mol. The third kappa shape index (κ3) is 2.46. The summed E-state index contributed by atoms with van der Waals surface area (Å²) in [5.41, 5.74) is 1.00. The van der Waals surface area contributed by atoms with Crippen LogP contribution in [0.1, 0.15) is 5.69 Å². The highest BCUT2D eigenvalue weighted by Crippen LogP contribution is 2.33. The molecule has 0 bridgehead atoms. The van der Waals surface area contributed by atoms with Crippen molar-refractivity contribution in [3.05, 3.63) is 42.0 Å². The fourth-order valence-electron chi connectivity index (χ4n) is 2.28. The number of carbonyl (C=O) groups is 1. The number of benzene rings is 1. The van der Waals surface area contributed by atoms with Crippen LogP contribution in [0.15, 0.2) is 24.7 Å². The lowest BCUT2D eigenvalue weighted by molar-refractivity contribution is -0.118. The Morgan fingerprint density at radius 1 is 1.38 bits per heavy atom.